The lowest BCUT2D eigenvalue weighted by Gasteiger charge is -2.09. The van der Waals surface area contributed by atoms with E-state index in [0.29, 0.717) is 0 Å². The molecule has 0 fully saturated rings. The van der Waals surface area contributed by atoms with E-state index in [1.165, 1.54) is 0 Å². The average molecular weight is 222 g/mol. The van der Waals surface area contributed by atoms with E-state index >= 15 is 0 Å². The molecule has 1 aromatic rings. The summed E-state index contributed by atoms with van der Waals surface area (Å²) in [4.78, 5) is 14.6. The zero-order chi connectivity index (χ0) is 11.8. The van der Waals surface area contributed by atoms with E-state index in [0.717, 1.165) is 25.2 Å². The summed E-state index contributed by atoms with van der Waals surface area (Å²) >= 11 is 0. The van der Waals surface area contributed by atoms with Crippen LogP contribution in [0.3, 0.4) is 0 Å². The Hall–Kier alpha value is -1.42. The Labute approximate surface area is 95.7 Å². The lowest BCUT2D eigenvalue weighted by Crippen LogP contribution is -2.25. The predicted octanol–water partition coefficient (Wildman–Crippen LogP) is 1.32. The van der Waals surface area contributed by atoms with E-state index in [-0.39, 0.29) is 12.3 Å². The SMILES string of the molecule is CC(CNCCc1ccccn1)CC(=O)O. The zero-order valence-corrected chi connectivity index (χ0v) is 9.52. The van der Waals surface area contributed by atoms with Crippen LogP contribution in [0, 0.1) is 5.92 Å². The monoisotopic (exact) mass is 222 g/mol. The Morgan fingerprint density at radius 2 is 2.38 bits per heavy atom. The Morgan fingerprint density at radius 1 is 1.56 bits per heavy atom. The Bertz CT molecular complexity index is 314. The molecule has 0 aromatic carbocycles. The summed E-state index contributed by atoms with van der Waals surface area (Å²) in [6.07, 6.45) is 2.87. The molecule has 1 rings (SSSR count). The van der Waals surface area contributed by atoms with Gasteiger partial charge in [-0.05, 0) is 24.6 Å². The summed E-state index contributed by atoms with van der Waals surface area (Å²) in [5.41, 5.74) is 1.06. The van der Waals surface area contributed by atoms with Crippen LogP contribution in [-0.2, 0) is 11.2 Å². The summed E-state index contributed by atoms with van der Waals surface area (Å²) < 4.78 is 0. The minimum atomic E-state index is -0.737. The number of aliphatic carboxylic acids is 1. The normalized spacial score (nSPS) is 12.3. The van der Waals surface area contributed by atoms with Gasteiger partial charge in [-0.2, -0.15) is 0 Å². The molecule has 1 aromatic heterocycles. The van der Waals surface area contributed by atoms with Gasteiger partial charge in [0.25, 0.3) is 0 Å². The highest BCUT2D eigenvalue weighted by Crippen LogP contribution is 1.99. The molecule has 0 bridgehead atoms. The number of rotatable bonds is 7. The second-order valence-corrected chi connectivity index (χ2v) is 3.98. The van der Waals surface area contributed by atoms with Crippen molar-refractivity contribution in [3.05, 3.63) is 30.1 Å². The number of nitrogens with zero attached hydrogens (tertiary/aromatic N) is 1. The molecule has 0 saturated carbocycles. The number of carboxylic acids is 1. The van der Waals surface area contributed by atoms with Crippen molar-refractivity contribution in [2.24, 2.45) is 5.92 Å². The third kappa shape index (κ3) is 5.46. The van der Waals surface area contributed by atoms with Gasteiger partial charge in [0.05, 0.1) is 0 Å². The molecular formula is C12H18N2O2. The van der Waals surface area contributed by atoms with E-state index < -0.39 is 5.97 Å². The fourth-order valence-electron chi connectivity index (χ4n) is 1.48. The lowest BCUT2D eigenvalue weighted by atomic mass is 10.1. The van der Waals surface area contributed by atoms with Crippen LogP contribution in [0.15, 0.2) is 24.4 Å². The number of carbonyl (C=O) groups is 1. The zero-order valence-electron chi connectivity index (χ0n) is 9.52. The molecule has 4 nitrogen and oxygen atoms in total. The van der Waals surface area contributed by atoms with Crippen LogP contribution in [0.4, 0.5) is 0 Å². The number of aromatic nitrogens is 1. The highest BCUT2D eigenvalue weighted by Gasteiger charge is 2.06. The molecule has 0 radical (unpaired) electrons. The number of hydrogen-bond acceptors (Lipinski definition) is 3. The van der Waals surface area contributed by atoms with Crippen molar-refractivity contribution in [1.29, 1.82) is 0 Å². The predicted molar refractivity (Wildman–Crippen MR) is 62.2 cm³/mol. The van der Waals surface area contributed by atoms with Crippen LogP contribution in [0.2, 0.25) is 0 Å². The molecule has 0 amide bonds. The fraction of sp³-hybridized carbons (Fsp3) is 0.500. The summed E-state index contributed by atoms with van der Waals surface area (Å²) in [6.45, 7) is 3.50. The van der Waals surface area contributed by atoms with Gasteiger partial charge < -0.3 is 10.4 Å². The van der Waals surface area contributed by atoms with Gasteiger partial charge in [0, 0.05) is 31.3 Å². The van der Waals surface area contributed by atoms with Crippen LogP contribution >= 0.6 is 0 Å². The molecule has 1 heterocycles. The first-order valence-corrected chi connectivity index (χ1v) is 5.51. The van der Waals surface area contributed by atoms with Crippen molar-refractivity contribution < 1.29 is 9.90 Å². The summed E-state index contributed by atoms with van der Waals surface area (Å²) in [5.74, 6) is -0.569. The van der Waals surface area contributed by atoms with Crippen molar-refractivity contribution in [3.63, 3.8) is 0 Å². The molecule has 0 spiro atoms. The molecule has 2 N–H and O–H groups in total. The van der Waals surface area contributed by atoms with Crippen LogP contribution < -0.4 is 5.32 Å². The highest BCUT2D eigenvalue weighted by atomic mass is 16.4. The van der Waals surface area contributed by atoms with E-state index in [1.807, 2.05) is 25.1 Å². The molecule has 16 heavy (non-hydrogen) atoms. The summed E-state index contributed by atoms with van der Waals surface area (Å²) in [7, 11) is 0. The van der Waals surface area contributed by atoms with Crippen LogP contribution in [0.25, 0.3) is 0 Å². The Morgan fingerprint density at radius 3 is 3.00 bits per heavy atom. The van der Waals surface area contributed by atoms with E-state index in [2.05, 4.69) is 10.3 Å². The Kier molecular flexibility index (Phi) is 5.50. The van der Waals surface area contributed by atoms with E-state index in [1.54, 1.807) is 6.20 Å². The first-order valence-electron chi connectivity index (χ1n) is 5.51. The van der Waals surface area contributed by atoms with Gasteiger partial charge >= 0.3 is 5.97 Å². The minimum Gasteiger partial charge on any atom is -0.481 e. The highest BCUT2D eigenvalue weighted by molar-refractivity contribution is 5.66. The first-order chi connectivity index (χ1) is 7.68. The number of hydrogen-bond donors (Lipinski definition) is 2. The second kappa shape index (κ2) is 6.95. The number of pyridine rings is 1. The first kappa shape index (κ1) is 12.6. The maximum Gasteiger partial charge on any atom is 0.303 e. The van der Waals surface area contributed by atoms with Gasteiger partial charge in [-0.3, -0.25) is 9.78 Å². The molecular weight excluding hydrogens is 204 g/mol. The van der Waals surface area contributed by atoms with Crippen LogP contribution in [0.1, 0.15) is 19.0 Å². The standard InChI is InChI=1S/C12H18N2O2/c1-10(8-12(15)16)9-13-7-5-11-4-2-3-6-14-11/h2-4,6,10,13H,5,7-9H2,1H3,(H,15,16). The molecule has 0 aliphatic heterocycles. The van der Waals surface area contributed by atoms with Gasteiger partial charge in [0.2, 0.25) is 0 Å². The quantitative estimate of drug-likeness (QED) is 0.683. The van der Waals surface area contributed by atoms with Crippen molar-refractivity contribution in [1.82, 2.24) is 10.3 Å². The van der Waals surface area contributed by atoms with Gasteiger partial charge in [-0.1, -0.05) is 13.0 Å². The smallest absolute Gasteiger partial charge is 0.303 e. The third-order valence-electron chi connectivity index (χ3n) is 2.30. The van der Waals surface area contributed by atoms with E-state index in [4.69, 9.17) is 5.11 Å². The molecule has 0 saturated heterocycles. The summed E-state index contributed by atoms with van der Waals surface area (Å²) in [6, 6.07) is 5.85. The van der Waals surface area contributed by atoms with Crippen molar-refractivity contribution in [3.8, 4) is 0 Å². The maximum absolute atomic E-state index is 10.4. The third-order valence-corrected chi connectivity index (χ3v) is 2.30. The van der Waals surface area contributed by atoms with Crippen LogP contribution in [-0.4, -0.2) is 29.1 Å². The summed E-state index contributed by atoms with van der Waals surface area (Å²) in [5, 5.41) is 11.8. The largest absolute Gasteiger partial charge is 0.481 e. The van der Waals surface area contributed by atoms with Gasteiger partial charge in [0.1, 0.15) is 0 Å². The topological polar surface area (TPSA) is 62.2 Å². The average Bonchev–Trinajstić information content (AvgIpc) is 2.25. The fourth-order valence-corrected chi connectivity index (χ4v) is 1.48. The van der Waals surface area contributed by atoms with Gasteiger partial charge in [0.15, 0.2) is 0 Å². The Balaban J connectivity index is 2.10. The number of carboxylic acid groups (broad SMARTS) is 1. The molecule has 1 unspecified atom stereocenters. The molecule has 88 valence electrons. The number of nitrogens with one attached hydrogen (secondary N) is 1. The van der Waals surface area contributed by atoms with Crippen molar-refractivity contribution in [2.75, 3.05) is 13.1 Å². The maximum atomic E-state index is 10.4. The van der Waals surface area contributed by atoms with E-state index in [9.17, 15) is 4.79 Å². The van der Waals surface area contributed by atoms with Crippen molar-refractivity contribution in [2.45, 2.75) is 19.8 Å². The van der Waals surface area contributed by atoms with Crippen molar-refractivity contribution >= 4 is 5.97 Å². The second-order valence-electron chi connectivity index (χ2n) is 3.98. The van der Waals surface area contributed by atoms with Gasteiger partial charge in [-0.25, -0.2) is 0 Å². The van der Waals surface area contributed by atoms with Gasteiger partial charge in [-0.15, -0.1) is 0 Å². The minimum absolute atomic E-state index is 0.168. The molecule has 1 atom stereocenters. The molecule has 4 heteroatoms. The molecule has 0 aliphatic rings. The lowest BCUT2D eigenvalue weighted by molar-refractivity contribution is -0.137. The van der Waals surface area contributed by atoms with Crippen LogP contribution in [0.5, 0.6) is 0 Å². The molecule has 0 aliphatic carbocycles.